The fourth-order valence-corrected chi connectivity index (χ4v) is 7.32. The van der Waals surface area contributed by atoms with Crippen molar-refractivity contribution < 1.29 is 14.3 Å². The summed E-state index contributed by atoms with van der Waals surface area (Å²) in [5.74, 6) is -2.90. The van der Waals surface area contributed by atoms with Crippen LogP contribution in [0, 0.1) is 0 Å². The second-order valence-corrected chi connectivity index (χ2v) is 17.4. The van der Waals surface area contributed by atoms with Gasteiger partial charge in [0.1, 0.15) is 5.82 Å². The smallest absolute Gasteiger partial charge is 0.294 e. The molecule has 0 aliphatic carbocycles. The summed E-state index contributed by atoms with van der Waals surface area (Å²) in [4.78, 5) is 9.08. The molecule has 1 aliphatic heterocycles. The Hall–Kier alpha value is -5.78. The molecule has 1 aliphatic rings. The number of aromatic nitrogens is 3. The number of nitrogens with zero attached hydrogens (tertiary/aromatic N) is 5. The van der Waals surface area contributed by atoms with Crippen molar-refractivity contribution in [3.8, 4) is 5.82 Å². The van der Waals surface area contributed by atoms with E-state index in [9.17, 15) is 0 Å². The lowest BCUT2D eigenvalue weighted by molar-refractivity contribution is 0.0428. The third kappa shape index (κ3) is 6.27. The lowest BCUT2D eigenvalue weighted by Gasteiger charge is -2.23. The average Bonchev–Trinajstić information content (AvgIpc) is 3.75. The number of para-hydroxylation sites is 3. The van der Waals surface area contributed by atoms with Gasteiger partial charge in [0.25, 0.3) is 17.3 Å². The Balaban J connectivity index is 1.38. The van der Waals surface area contributed by atoms with Crippen molar-refractivity contribution in [2.24, 2.45) is 0 Å². The van der Waals surface area contributed by atoms with Gasteiger partial charge in [0.2, 0.25) is 11.4 Å². The minimum atomic E-state index is -3.51. The van der Waals surface area contributed by atoms with Crippen molar-refractivity contribution in [1.82, 2.24) is 23.7 Å². The van der Waals surface area contributed by atoms with Gasteiger partial charge in [-0.1, -0.05) is 105 Å². The topological polar surface area (TPSA) is 36.7 Å². The van der Waals surface area contributed by atoms with E-state index in [0.29, 0.717) is 28.3 Å². The van der Waals surface area contributed by atoms with Crippen molar-refractivity contribution in [2.45, 2.75) is 84.5 Å². The van der Waals surface area contributed by atoms with E-state index < -0.39 is 23.4 Å². The summed E-state index contributed by atoms with van der Waals surface area (Å²) in [5, 5.41) is 1.58. The molecule has 0 radical (unpaired) electrons. The first-order chi connectivity index (χ1) is 27.6. The van der Waals surface area contributed by atoms with Crippen LogP contribution in [0.1, 0.15) is 95.6 Å². The maximum absolute atomic E-state index is 17.5. The molecule has 3 aromatic heterocycles. The van der Waals surface area contributed by atoms with Crippen LogP contribution in [0.15, 0.2) is 122 Å². The first kappa shape index (κ1) is 31.6. The number of alkyl halides is 2. The summed E-state index contributed by atoms with van der Waals surface area (Å²) < 4.78 is 75.6. The van der Waals surface area contributed by atoms with Crippen LogP contribution in [0.25, 0.3) is 27.6 Å². The average molecular weight is 736 g/mol. The molecule has 0 saturated carbocycles. The molecule has 0 bridgehead atoms. The first-order valence-corrected chi connectivity index (χ1v) is 18.5. The van der Waals surface area contributed by atoms with E-state index in [2.05, 4.69) is 52.5 Å². The molecule has 8 rings (SSSR count). The minimum Gasteiger partial charge on any atom is -0.294 e. The summed E-state index contributed by atoms with van der Waals surface area (Å²) in [6.45, 7) is 18.4. The molecular formula is C48H47F2N5+2. The first-order valence-electron chi connectivity index (χ1n) is 20.5. The molecule has 4 heterocycles. The van der Waals surface area contributed by atoms with E-state index in [0.717, 1.165) is 27.4 Å². The standard InChI is InChI=1S/C48H47F2N5/c1-45(2,3)31-20-23-52-44(28-31)55-39-21-22-51-29-37(39)36-19-18-32(27-43(36)55)48(49,50)34-24-33(46(4,5)6)25-35(26-34)53-30-54(42-17-13-12-16-41(42)53)40-15-11-10-14-38(40)47(7,8)9/h10-29H,1-9H3/q+2/i12D,13D,16D,17D. The highest BCUT2D eigenvalue weighted by Gasteiger charge is 2.42. The zero-order chi connectivity index (χ0) is 42.6. The van der Waals surface area contributed by atoms with Crippen LogP contribution in [0.5, 0.6) is 0 Å². The number of hydrogen-bond donors (Lipinski definition) is 0. The van der Waals surface area contributed by atoms with Crippen LogP contribution < -0.4 is 9.15 Å². The van der Waals surface area contributed by atoms with E-state index in [1.54, 1.807) is 35.3 Å². The largest absolute Gasteiger partial charge is 0.503 e. The molecular weight excluding hydrogens is 685 g/mol. The normalized spacial score (nSPS) is 14.7. The molecule has 7 heteroatoms. The fraction of sp³-hybridized carbons (Fsp3) is 0.271. The van der Waals surface area contributed by atoms with Gasteiger partial charge in [0.05, 0.1) is 16.5 Å². The molecule has 0 saturated heterocycles. The number of hydrogen-bond acceptors (Lipinski definition) is 2. The van der Waals surface area contributed by atoms with Crippen molar-refractivity contribution in [2.75, 3.05) is 0 Å². The van der Waals surface area contributed by atoms with Gasteiger partial charge in [-0.25, -0.2) is 4.98 Å². The Morgan fingerprint density at radius 1 is 0.618 bits per heavy atom. The van der Waals surface area contributed by atoms with Gasteiger partial charge in [0.15, 0.2) is 0 Å². The van der Waals surface area contributed by atoms with Gasteiger partial charge < -0.3 is 0 Å². The van der Waals surface area contributed by atoms with Crippen LogP contribution in [0.2, 0.25) is 0 Å². The number of halogens is 2. The predicted octanol–water partition coefficient (Wildman–Crippen LogP) is 12.5. The number of benzene rings is 4. The molecule has 7 aromatic rings. The van der Waals surface area contributed by atoms with Gasteiger partial charge in [0, 0.05) is 76.3 Å². The van der Waals surface area contributed by atoms with Gasteiger partial charge in [-0.15, -0.1) is 0 Å². The van der Waals surface area contributed by atoms with Gasteiger partial charge in [-0.05, 0) is 66.9 Å². The quantitative estimate of drug-likeness (QED) is 0.165. The molecule has 55 heavy (non-hydrogen) atoms. The van der Waals surface area contributed by atoms with E-state index in [1.165, 1.54) is 28.8 Å². The summed E-state index contributed by atoms with van der Waals surface area (Å²) in [5.41, 5.74) is 3.67. The molecule has 0 unspecified atom stereocenters. The Kier molecular flexibility index (Phi) is 7.25. The van der Waals surface area contributed by atoms with Crippen molar-refractivity contribution in [3.05, 3.63) is 149 Å². The maximum Gasteiger partial charge on any atom is 0.503 e. The monoisotopic (exact) mass is 735 g/mol. The van der Waals surface area contributed by atoms with Gasteiger partial charge in [-0.2, -0.15) is 8.78 Å². The molecule has 0 spiro atoms. The van der Waals surface area contributed by atoms with Crippen LogP contribution >= 0.6 is 0 Å². The van der Waals surface area contributed by atoms with Crippen molar-refractivity contribution in [3.63, 3.8) is 0 Å². The summed E-state index contributed by atoms with van der Waals surface area (Å²) >= 11 is 0. The number of pyridine rings is 2. The second kappa shape index (κ2) is 12.6. The van der Waals surface area contributed by atoms with Crippen molar-refractivity contribution in [1.29, 1.82) is 0 Å². The highest BCUT2D eigenvalue weighted by molar-refractivity contribution is 6.09. The molecule has 5 nitrogen and oxygen atoms in total. The zero-order valence-electron chi connectivity index (χ0n) is 36.7. The summed E-state index contributed by atoms with van der Waals surface area (Å²) in [6.07, 6.45) is 5.19. The Morgan fingerprint density at radius 2 is 1.31 bits per heavy atom. The Morgan fingerprint density at radius 3 is 2.02 bits per heavy atom. The highest BCUT2D eigenvalue weighted by atomic mass is 19.3. The summed E-state index contributed by atoms with van der Waals surface area (Å²) in [7, 11) is 0. The Labute approximate surface area is 327 Å². The number of fused-ring (bicyclic) bond motifs is 4. The number of rotatable bonds is 5. The van der Waals surface area contributed by atoms with E-state index in [4.69, 9.17) is 10.5 Å². The van der Waals surface area contributed by atoms with E-state index in [1.807, 2.05) is 67.8 Å². The lowest BCUT2D eigenvalue weighted by Crippen LogP contribution is -2.19. The van der Waals surface area contributed by atoms with Crippen molar-refractivity contribution >= 4 is 50.6 Å². The zero-order valence-corrected chi connectivity index (χ0v) is 32.7. The summed E-state index contributed by atoms with van der Waals surface area (Å²) in [6, 6.07) is 24.9. The molecule has 0 N–H and O–H groups in total. The highest BCUT2D eigenvalue weighted by Crippen LogP contribution is 2.45. The maximum atomic E-state index is 17.5. The predicted molar refractivity (Wildman–Crippen MR) is 223 cm³/mol. The molecule has 0 amide bonds. The molecule has 4 aromatic carbocycles. The van der Waals surface area contributed by atoms with E-state index >= 15 is 8.78 Å². The molecule has 0 fully saturated rings. The van der Waals surface area contributed by atoms with Crippen LogP contribution in [0.3, 0.4) is 0 Å². The molecule has 0 atom stereocenters. The lowest BCUT2D eigenvalue weighted by atomic mass is 9.84. The third-order valence-electron chi connectivity index (χ3n) is 10.4. The van der Waals surface area contributed by atoms with Gasteiger partial charge in [-0.3, -0.25) is 9.55 Å². The van der Waals surface area contributed by atoms with Gasteiger partial charge >= 0.3 is 6.01 Å². The fourth-order valence-electron chi connectivity index (χ4n) is 7.32. The minimum absolute atomic E-state index is 0.129. The van der Waals surface area contributed by atoms with Crippen LogP contribution in [-0.2, 0) is 22.2 Å². The van der Waals surface area contributed by atoms with Crippen LogP contribution in [-0.4, -0.2) is 20.5 Å². The SMILES string of the molecule is [2H]c1c([2H])c([2H])c2c(c1[2H])[N+](c1cc(C(C)(C)C)cc(C(F)(F)c3ccc4c5cnccc5n(-c5cc(C(C)(C)C)ccn5)c4c3)c1)=C=[N+]2c1ccccc1C(C)(C)C. The van der Waals surface area contributed by atoms with E-state index in [-0.39, 0.29) is 45.4 Å². The second-order valence-electron chi connectivity index (χ2n) is 17.4. The molecule has 276 valence electrons. The Bertz CT molecular complexity index is 2960. The third-order valence-corrected chi connectivity index (χ3v) is 10.4. The van der Waals surface area contributed by atoms with Crippen LogP contribution in [0.4, 0.5) is 31.5 Å².